The van der Waals surface area contributed by atoms with Gasteiger partial charge in [0.1, 0.15) is 0 Å². The predicted octanol–water partition coefficient (Wildman–Crippen LogP) is 5.51. The van der Waals surface area contributed by atoms with Crippen LogP contribution in [0.3, 0.4) is 0 Å². The maximum absolute atomic E-state index is 13.0. The van der Waals surface area contributed by atoms with Crippen LogP contribution in [0.5, 0.6) is 0 Å². The molecule has 0 heterocycles. The Morgan fingerprint density at radius 1 is 1.03 bits per heavy atom. The molecular formula is C23H23ClN2O3. The number of carbonyl (C=O) groups is 2. The van der Waals surface area contributed by atoms with E-state index < -0.39 is 5.97 Å². The Balaban J connectivity index is 2.08. The topological polar surface area (TPSA) is 58.6 Å². The first-order valence-electron chi connectivity index (χ1n) is 9.46. The molecule has 0 aliphatic heterocycles. The first-order chi connectivity index (χ1) is 14.0. The van der Waals surface area contributed by atoms with Gasteiger partial charge in [0.15, 0.2) is 0 Å². The number of esters is 1. The summed E-state index contributed by atoms with van der Waals surface area (Å²) in [5.41, 5.74) is 2.55. The van der Waals surface area contributed by atoms with E-state index in [-0.39, 0.29) is 5.91 Å². The van der Waals surface area contributed by atoms with Gasteiger partial charge in [-0.1, -0.05) is 29.8 Å². The van der Waals surface area contributed by atoms with Crippen molar-refractivity contribution in [1.29, 1.82) is 0 Å². The molecule has 0 saturated carbocycles. The predicted molar refractivity (Wildman–Crippen MR) is 117 cm³/mol. The summed E-state index contributed by atoms with van der Waals surface area (Å²) in [5, 5.41) is 5.38. The van der Waals surface area contributed by atoms with Crippen molar-refractivity contribution >= 4 is 45.6 Å². The number of halogens is 1. The van der Waals surface area contributed by atoms with Crippen LogP contribution < -0.4 is 5.32 Å². The second-order valence-corrected chi connectivity index (χ2v) is 6.91. The number of benzene rings is 3. The number of ether oxygens (including phenoxy) is 1. The van der Waals surface area contributed by atoms with Gasteiger partial charge in [-0.2, -0.15) is 0 Å². The molecule has 0 atom stereocenters. The lowest BCUT2D eigenvalue weighted by Crippen LogP contribution is -2.30. The maximum Gasteiger partial charge on any atom is 0.337 e. The Bertz CT molecular complexity index is 1060. The Morgan fingerprint density at radius 2 is 1.76 bits per heavy atom. The number of nitrogens with one attached hydrogen (secondary N) is 1. The van der Waals surface area contributed by atoms with Crippen molar-refractivity contribution in [3.05, 3.63) is 70.7 Å². The molecule has 3 aromatic carbocycles. The zero-order chi connectivity index (χ0) is 21.0. The van der Waals surface area contributed by atoms with Crippen LogP contribution in [-0.4, -0.2) is 37.0 Å². The second-order valence-electron chi connectivity index (χ2n) is 6.50. The minimum Gasteiger partial charge on any atom is -0.465 e. The van der Waals surface area contributed by atoms with Crippen molar-refractivity contribution in [2.24, 2.45) is 0 Å². The average molecular weight is 411 g/mol. The van der Waals surface area contributed by atoms with Gasteiger partial charge in [0.05, 0.1) is 12.7 Å². The molecule has 150 valence electrons. The molecule has 3 aromatic rings. The van der Waals surface area contributed by atoms with E-state index >= 15 is 0 Å². The zero-order valence-electron chi connectivity index (χ0n) is 16.7. The van der Waals surface area contributed by atoms with Crippen LogP contribution in [0.25, 0.3) is 10.8 Å². The normalized spacial score (nSPS) is 10.6. The average Bonchev–Trinajstić information content (AvgIpc) is 2.74. The van der Waals surface area contributed by atoms with Crippen molar-refractivity contribution in [1.82, 2.24) is 4.90 Å². The number of amides is 1. The van der Waals surface area contributed by atoms with Crippen molar-refractivity contribution in [3.63, 3.8) is 0 Å². The molecule has 5 nitrogen and oxygen atoms in total. The Labute approximate surface area is 175 Å². The highest BCUT2D eigenvalue weighted by atomic mass is 35.5. The minimum atomic E-state index is -0.401. The number of rotatable bonds is 6. The van der Waals surface area contributed by atoms with Gasteiger partial charge in [0.25, 0.3) is 5.91 Å². The van der Waals surface area contributed by atoms with Crippen LogP contribution in [0.4, 0.5) is 11.4 Å². The van der Waals surface area contributed by atoms with Crippen molar-refractivity contribution < 1.29 is 14.3 Å². The summed E-state index contributed by atoms with van der Waals surface area (Å²) in [7, 11) is 1.35. The maximum atomic E-state index is 13.0. The fourth-order valence-corrected chi connectivity index (χ4v) is 3.60. The molecule has 0 aliphatic carbocycles. The highest BCUT2D eigenvalue weighted by Crippen LogP contribution is 2.34. The summed E-state index contributed by atoms with van der Waals surface area (Å²) in [6.45, 7) is 5.16. The van der Waals surface area contributed by atoms with E-state index in [4.69, 9.17) is 16.3 Å². The largest absolute Gasteiger partial charge is 0.465 e. The summed E-state index contributed by atoms with van der Waals surface area (Å²) >= 11 is 6.50. The molecular weight excluding hydrogens is 388 g/mol. The summed E-state index contributed by atoms with van der Waals surface area (Å²) in [5.74, 6) is -0.450. The molecule has 0 radical (unpaired) electrons. The molecule has 6 heteroatoms. The smallest absolute Gasteiger partial charge is 0.337 e. The second kappa shape index (κ2) is 8.97. The number of carbonyl (C=O) groups excluding carboxylic acids is 2. The Kier molecular flexibility index (Phi) is 6.39. The Hall–Kier alpha value is -3.05. The van der Waals surface area contributed by atoms with E-state index in [1.807, 2.05) is 38.1 Å². The van der Waals surface area contributed by atoms with E-state index in [1.54, 1.807) is 35.2 Å². The van der Waals surface area contributed by atoms with Crippen LogP contribution >= 0.6 is 11.6 Å². The highest BCUT2D eigenvalue weighted by Gasteiger charge is 2.19. The summed E-state index contributed by atoms with van der Waals surface area (Å²) in [4.78, 5) is 26.6. The number of fused-ring (bicyclic) bond motifs is 1. The molecule has 1 N–H and O–H groups in total. The standard InChI is InChI=1S/C23H23ClN2O3/c1-4-26(5-2)22(27)18-12-13-20(17-10-7-11-19(24)21(17)18)25-16-9-6-8-15(14-16)23(28)29-3/h6-14,25H,4-5H2,1-3H3. The molecule has 1 amide bonds. The van der Waals surface area contributed by atoms with E-state index in [0.29, 0.717) is 34.6 Å². The molecule has 0 spiro atoms. The van der Waals surface area contributed by atoms with E-state index in [0.717, 1.165) is 16.8 Å². The van der Waals surface area contributed by atoms with E-state index in [2.05, 4.69) is 5.32 Å². The first-order valence-corrected chi connectivity index (χ1v) is 9.83. The monoisotopic (exact) mass is 410 g/mol. The molecule has 0 fully saturated rings. The van der Waals surface area contributed by atoms with Gasteiger partial charge in [-0.15, -0.1) is 0 Å². The van der Waals surface area contributed by atoms with Crippen LogP contribution in [0, 0.1) is 0 Å². The quantitative estimate of drug-likeness (QED) is 0.544. The van der Waals surface area contributed by atoms with E-state index in [1.165, 1.54) is 7.11 Å². The lowest BCUT2D eigenvalue weighted by molar-refractivity contribution is 0.0600. The van der Waals surface area contributed by atoms with Gasteiger partial charge < -0.3 is 15.0 Å². The van der Waals surface area contributed by atoms with Gasteiger partial charge in [-0.25, -0.2) is 4.79 Å². The van der Waals surface area contributed by atoms with Gasteiger partial charge in [0, 0.05) is 45.8 Å². The number of anilines is 2. The molecule has 0 unspecified atom stereocenters. The minimum absolute atomic E-state index is 0.0488. The third-order valence-electron chi connectivity index (χ3n) is 4.83. The summed E-state index contributed by atoms with van der Waals surface area (Å²) in [6, 6.07) is 16.3. The van der Waals surface area contributed by atoms with Crippen LogP contribution in [0.1, 0.15) is 34.6 Å². The first kappa shape index (κ1) is 20.7. The van der Waals surface area contributed by atoms with Crippen LogP contribution in [0.15, 0.2) is 54.6 Å². The molecule has 3 rings (SSSR count). The van der Waals surface area contributed by atoms with Gasteiger partial charge in [-0.3, -0.25) is 4.79 Å². The van der Waals surface area contributed by atoms with Gasteiger partial charge in [0.2, 0.25) is 0 Å². The number of methoxy groups -OCH3 is 1. The number of hydrogen-bond donors (Lipinski definition) is 1. The number of nitrogens with zero attached hydrogens (tertiary/aromatic N) is 1. The van der Waals surface area contributed by atoms with Crippen LogP contribution in [-0.2, 0) is 4.74 Å². The van der Waals surface area contributed by atoms with Crippen molar-refractivity contribution in [2.45, 2.75) is 13.8 Å². The fraction of sp³-hybridized carbons (Fsp3) is 0.217. The zero-order valence-corrected chi connectivity index (χ0v) is 17.4. The fourth-order valence-electron chi connectivity index (χ4n) is 3.33. The lowest BCUT2D eigenvalue weighted by atomic mass is 10.0. The highest BCUT2D eigenvalue weighted by molar-refractivity contribution is 6.37. The van der Waals surface area contributed by atoms with Crippen molar-refractivity contribution in [3.8, 4) is 0 Å². The van der Waals surface area contributed by atoms with Gasteiger partial charge in [-0.05, 0) is 50.2 Å². The molecule has 0 saturated heterocycles. The van der Waals surface area contributed by atoms with Gasteiger partial charge >= 0.3 is 5.97 Å². The third kappa shape index (κ3) is 4.20. The third-order valence-corrected chi connectivity index (χ3v) is 5.15. The lowest BCUT2D eigenvalue weighted by Gasteiger charge is -2.21. The van der Waals surface area contributed by atoms with Crippen molar-refractivity contribution in [2.75, 3.05) is 25.5 Å². The molecule has 0 bridgehead atoms. The van der Waals surface area contributed by atoms with E-state index in [9.17, 15) is 9.59 Å². The number of hydrogen-bond acceptors (Lipinski definition) is 4. The SMILES string of the molecule is CCN(CC)C(=O)c1ccc(Nc2cccc(C(=O)OC)c2)c2cccc(Cl)c12. The molecule has 0 aliphatic rings. The molecule has 29 heavy (non-hydrogen) atoms. The Morgan fingerprint density at radius 3 is 2.45 bits per heavy atom. The van der Waals surface area contributed by atoms with Crippen LogP contribution in [0.2, 0.25) is 5.02 Å². The summed E-state index contributed by atoms with van der Waals surface area (Å²) in [6.07, 6.45) is 0. The molecule has 0 aromatic heterocycles. The summed E-state index contributed by atoms with van der Waals surface area (Å²) < 4.78 is 4.79.